The van der Waals surface area contributed by atoms with E-state index in [-0.39, 0.29) is 30.1 Å². The van der Waals surface area contributed by atoms with Crippen molar-refractivity contribution in [2.24, 2.45) is 5.73 Å². The fourth-order valence-electron chi connectivity index (χ4n) is 1.61. The van der Waals surface area contributed by atoms with Crippen molar-refractivity contribution in [1.29, 1.82) is 0 Å². The van der Waals surface area contributed by atoms with Gasteiger partial charge in [0, 0.05) is 6.42 Å². The molecule has 0 amide bonds. The van der Waals surface area contributed by atoms with E-state index in [4.69, 9.17) is 15.2 Å². The molecule has 1 aliphatic heterocycles. The Labute approximate surface area is 92.1 Å². The van der Waals surface area contributed by atoms with E-state index in [2.05, 4.69) is 0 Å². The number of halogens is 1. The summed E-state index contributed by atoms with van der Waals surface area (Å²) in [6.07, 6.45) is 0.0940. The second-order valence-corrected chi connectivity index (χ2v) is 3.41. The summed E-state index contributed by atoms with van der Waals surface area (Å²) in [4.78, 5) is 11.7. The lowest BCUT2D eigenvalue weighted by Gasteiger charge is -2.20. The molecular weight excluding hydrogens is 213 g/mol. The fourth-order valence-corrected chi connectivity index (χ4v) is 1.61. The Balaban J connectivity index is 2.45. The summed E-state index contributed by atoms with van der Waals surface area (Å²) in [5.74, 6) is -0.345. The van der Waals surface area contributed by atoms with Gasteiger partial charge in [0.15, 0.2) is 17.3 Å². The molecule has 16 heavy (non-hydrogen) atoms. The number of rotatable bonds is 3. The van der Waals surface area contributed by atoms with E-state index in [9.17, 15) is 9.18 Å². The first-order valence-corrected chi connectivity index (χ1v) is 5.05. The summed E-state index contributed by atoms with van der Waals surface area (Å²) >= 11 is 0. The third-order valence-corrected chi connectivity index (χ3v) is 2.31. The van der Waals surface area contributed by atoms with Crippen molar-refractivity contribution >= 4 is 5.78 Å². The van der Waals surface area contributed by atoms with E-state index in [1.165, 1.54) is 12.1 Å². The largest absolute Gasteiger partial charge is 0.486 e. The topological polar surface area (TPSA) is 61.6 Å². The quantitative estimate of drug-likeness (QED) is 0.783. The molecule has 0 bridgehead atoms. The molecule has 0 saturated heterocycles. The molecule has 1 aliphatic rings. The van der Waals surface area contributed by atoms with Crippen LogP contribution in [0.3, 0.4) is 0 Å². The Hall–Kier alpha value is -1.62. The van der Waals surface area contributed by atoms with Crippen molar-refractivity contribution in [2.75, 3.05) is 19.8 Å². The molecule has 4 nitrogen and oxygen atoms in total. The number of carbonyl (C=O) groups excluding carboxylic acids is 1. The van der Waals surface area contributed by atoms with Crippen LogP contribution in [0.2, 0.25) is 0 Å². The molecule has 0 spiro atoms. The molecule has 2 rings (SSSR count). The molecule has 1 aromatic rings. The van der Waals surface area contributed by atoms with Crippen LogP contribution in [-0.4, -0.2) is 25.5 Å². The summed E-state index contributed by atoms with van der Waals surface area (Å²) in [7, 11) is 0. The molecule has 86 valence electrons. The van der Waals surface area contributed by atoms with Crippen LogP contribution in [0.4, 0.5) is 4.39 Å². The molecule has 0 unspecified atom stereocenters. The van der Waals surface area contributed by atoms with Gasteiger partial charge in [-0.1, -0.05) is 0 Å². The number of benzene rings is 1. The highest BCUT2D eigenvalue weighted by Gasteiger charge is 2.23. The lowest BCUT2D eigenvalue weighted by atomic mass is 10.1. The number of ketones is 1. The van der Waals surface area contributed by atoms with E-state index in [1.807, 2.05) is 0 Å². The predicted molar refractivity (Wildman–Crippen MR) is 55.4 cm³/mol. The minimum Gasteiger partial charge on any atom is -0.486 e. The van der Waals surface area contributed by atoms with Crippen LogP contribution in [-0.2, 0) is 0 Å². The van der Waals surface area contributed by atoms with Gasteiger partial charge in [0.25, 0.3) is 0 Å². The van der Waals surface area contributed by atoms with Gasteiger partial charge in [-0.25, -0.2) is 4.39 Å². The van der Waals surface area contributed by atoms with Crippen LogP contribution >= 0.6 is 0 Å². The zero-order valence-corrected chi connectivity index (χ0v) is 8.66. The Morgan fingerprint density at radius 2 is 2.12 bits per heavy atom. The van der Waals surface area contributed by atoms with Crippen LogP contribution in [0, 0.1) is 5.82 Å². The van der Waals surface area contributed by atoms with Gasteiger partial charge in [-0.2, -0.15) is 0 Å². The lowest BCUT2D eigenvalue weighted by Crippen LogP contribution is -2.19. The zero-order valence-electron chi connectivity index (χ0n) is 8.66. The van der Waals surface area contributed by atoms with Gasteiger partial charge in [0.1, 0.15) is 19.0 Å². The third-order valence-electron chi connectivity index (χ3n) is 2.31. The number of nitrogens with two attached hydrogens (primary N) is 1. The van der Waals surface area contributed by atoms with Crippen molar-refractivity contribution < 1.29 is 18.7 Å². The second kappa shape index (κ2) is 4.49. The highest BCUT2D eigenvalue weighted by molar-refractivity contribution is 5.99. The Morgan fingerprint density at radius 1 is 1.38 bits per heavy atom. The van der Waals surface area contributed by atoms with Gasteiger partial charge in [-0.3, -0.25) is 4.79 Å². The lowest BCUT2D eigenvalue weighted by molar-refractivity contribution is 0.0969. The summed E-state index contributed by atoms with van der Waals surface area (Å²) in [6.45, 7) is 0.908. The Morgan fingerprint density at radius 3 is 2.88 bits per heavy atom. The first kappa shape index (κ1) is 10.9. The number of carbonyl (C=O) groups is 1. The normalized spacial score (nSPS) is 13.6. The highest BCUT2D eigenvalue weighted by atomic mass is 19.1. The standard InChI is InChI=1S/C11H12FNO3/c12-7-1-2-9-11(16-6-5-15-9)10(7)8(14)3-4-13/h1-2H,3-6,13H2. The number of Topliss-reactive ketones (excluding diaryl/α,β-unsaturated/α-hetero) is 1. The Bertz CT molecular complexity index is 420. The maximum absolute atomic E-state index is 13.6. The van der Waals surface area contributed by atoms with Crippen molar-refractivity contribution in [2.45, 2.75) is 6.42 Å². The molecular formula is C11H12FNO3. The maximum Gasteiger partial charge on any atom is 0.175 e. The van der Waals surface area contributed by atoms with E-state index >= 15 is 0 Å². The fraction of sp³-hybridized carbons (Fsp3) is 0.364. The predicted octanol–water partition coefficient (Wildman–Crippen LogP) is 1.13. The number of hydrogen-bond acceptors (Lipinski definition) is 4. The van der Waals surface area contributed by atoms with E-state index in [1.54, 1.807) is 0 Å². The summed E-state index contributed by atoms with van der Waals surface area (Å²) in [5.41, 5.74) is 5.22. The van der Waals surface area contributed by atoms with Gasteiger partial charge in [0.05, 0.1) is 5.56 Å². The number of ether oxygens (including phenoxy) is 2. The summed E-state index contributed by atoms with van der Waals surface area (Å²) in [6, 6.07) is 2.67. The molecule has 0 atom stereocenters. The van der Waals surface area contributed by atoms with E-state index in [0.29, 0.717) is 19.0 Å². The molecule has 0 radical (unpaired) electrons. The van der Waals surface area contributed by atoms with Gasteiger partial charge in [-0.15, -0.1) is 0 Å². The third kappa shape index (κ3) is 1.86. The van der Waals surface area contributed by atoms with Crippen LogP contribution in [0.25, 0.3) is 0 Å². The van der Waals surface area contributed by atoms with Crippen LogP contribution < -0.4 is 15.2 Å². The summed E-state index contributed by atoms with van der Waals surface area (Å²) in [5, 5.41) is 0. The van der Waals surface area contributed by atoms with Crippen molar-refractivity contribution in [1.82, 2.24) is 0 Å². The minimum absolute atomic E-state index is 0.0531. The molecule has 5 heteroatoms. The molecule has 0 fully saturated rings. The van der Waals surface area contributed by atoms with Crippen molar-refractivity contribution in [3.05, 3.63) is 23.5 Å². The SMILES string of the molecule is NCCC(=O)c1c(F)ccc2c1OCCO2. The molecule has 0 saturated carbocycles. The monoisotopic (exact) mass is 225 g/mol. The zero-order chi connectivity index (χ0) is 11.5. The van der Waals surface area contributed by atoms with Gasteiger partial charge in [0.2, 0.25) is 0 Å². The first-order valence-electron chi connectivity index (χ1n) is 5.05. The van der Waals surface area contributed by atoms with Gasteiger partial charge in [-0.05, 0) is 18.7 Å². The maximum atomic E-state index is 13.6. The average molecular weight is 225 g/mol. The number of fused-ring (bicyclic) bond motifs is 1. The molecule has 1 aromatic carbocycles. The van der Waals surface area contributed by atoms with E-state index in [0.717, 1.165) is 0 Å². The first-order chi connectivity index (χ1) is 7.74. The van der Waals surface area contributed by atoms with Crippen molar-refractivity contribution in [3.8, 4) is 11.5 Å². The average Bonchev–Trinajstić information content (AvgIpc) is 2.29. The van der Waals surface area contributed by atoms with Gasteiger partial charge < -0.3 is 15.2 Å². The molecule has 0 aromatic heterocycles. The summed E-state index contributed by atoms with van der Waals surface area (Å²) < 4.78 is 24.1. The minimum atomic E-state index is -0.595. The number of hydrogen-bond donors (Lipinski definition) is 1. The molecule has 1 heterocycles. The van der Waals surface area contributed by atoms with Crippen LogP contribution in [0.1, 0.15) is 16.8 Å². The van der Waals surface area contributed by atoms with Crippen LogP contribution in [0.5, 0.6) is 11.5 Å². The Kier molecular flexibility index (Phi) is 3.05. The van der Waals surface area contributed by atoms with Gasteiger partial charge >= 0.3 is 0 Å². The van der Waals surface area contributed by atoms with Crippen molar-refractivity contribution in [3.63, 3.8) is 0 Å². The van der Waals surface area contributed by atoms with Crippen LogP contribution in [0.15, 0.2) is 12.1 Å². The highest BCUT2D eigenvalue weighted by Crippen LogP contribution is 2.35. The molecule has 0 aliphatic carbocycles. The smallest absolute Gasteiger partial charge is 0.175 e. The molecule has 2 N–H and O–H groups in total. The second-order valence-electron chi connectivity index (χ2n) is 3.41. The van der Waals surface area contributed by atoms with E-state index < -0.39 is 5.82 Å².